The highest BCUT2D eigenvalue weighted by Gasteiger charge is 2.16. The highest BCUT2D eigenvalue weighted by atomic mass is 127. The molecular formula is C17H17IO4. The average Bonchev–Trinajstić information content (AvgIpc) is 2.54. The summed E-state index contributed by atoms with van der Waals surface area (Å²) in [6, 6.07) is 13.3. The van der Waals surface area contributed by atoms with Crippen LogP contribution in [0.3, 0.4) is 0 Å². The van der Waals surface area contributed by atoms with Crippen LogP contribution in [0, 0.1) is 3.57 Å². The molecule has 22 heavy (non-hydrogen) atoms. The van der Waals surface area contributed by atoms with E-state index in [1.165, 1.54) is 0 Å². The molecule has 5 heteroatoms. The van der Waals surface area contributed by atoms with Crippen molar-refractivity contribution in [3.63, 3.8) is 0 Å². The summed E-state index contributed by atoms with van der Waals surface area (Å²) in [6.45, 7) is 2.55. The molecule has 2 aromatic carbocycles. The number of hydrogen-bond acceptors (Lipinski definition) is 4. The Morgan fingerprint density at radius 2 is 1.86 bits per heavy atom. The zero-order valence-electron chi connectivity index (χ0n) is 12.5. The number of esters is 1. The molecule has 2 aromatic rings. The summed E-state index contributed by atoms with van der Waals surface area (Å²) < 4.78 is 16.9. The van der Waals surface area contributed by atoms with Gasteiger partial charge in [0.2, 0.25) is 0 Å². The van der Waals surface area contributed by atoms with Gasteiger partial charge in [-0.25, -0.2) is 4.79 Å². The third kappa shape index (κ3) is 4.13. The van der Waals surface area contributed by atoms with E-state index in [2.05, 4.69) is 22.6 Å². The van der Waals surface area contributed by atoms with Gasteiger partial charge < -0.3 is 14.2 Å². The van der Waals surface area contributed by atoms with Gasteiger partial charge in [-0.3, -0.25) is 0 Å². The van der Waals surface area contributed by atoms with Gasteiger partial charge in [-0.2, -0.15) is 0 Å². The van der Waals surface area contributed by atoms with Gasteiger partial charge in [0.05, 0.1) is 19.3 Å². The lowest BCUT2D eigenvalue weighted by Crippen LogP contribution is -2.08. The van der Waals surface area contributed by atoms with Gasteiger partial charge in [0, 0.05) is 3.57 Å². The second kappa shape index (κ2) is 8.03. The van der Waals surface area contributed by atoms with Crippen molar-refractivity contribution in [3.05, 3.63) is 57.2 Å². The largest absolute Gasteiger partial charge is 0.493 e. The van der Waals surface area contributed by atoms with Gasteiger partial charge in [0.1, 0.15) is 6.61 Å². The molecule has 0 bridgehead atoms. The van der Waals surface area contributed by atoms with Crippen molar-refractivity contribution in [3.8, 4) is 11.5 Å². The second-order valence-electron chi connectivity index (χ2n) is 4.48. The van der Waals surface area contributed by atoms with E-state index in [9.17, 15) is 4.79 Å². The van der Waals surface area contributed by atoms with E-state index >= 15 is 0 Å². The number of halogens is 1. The molecule has 116 valence electrons. The summed E-state index contributed by atoms with van der Waals surface area (Å²) in [5, 5.41) is 0. The van der Waals surface area contributed by atoms with E-state index in [0.717, 1.165) is 9.13 Å². The summed E-state index contributed by atoms with van der Waals surface area (Å²) in [5.74, 6) is 0.753. The molecular weight excluding hydrogens is 395 g/mol. The minimum absolute atomic E-state index is 0.337. The van der Waals surface area contributed by atoms with Crippen LogP contribution >= 0.6 is 22.6 Å². The fourth-order valence-electron chi connectivity index (χ4n) is 1.91. The first-order chi connectivity index (χ1) is 10.7. The van der Waals surface area contributed by atoms with Crippen molar-refractivity contribution < 1.29 is 19.0 Å². The number of ether oxygens (including phenoxy) is 3. The molecule has 0 heterocycles. The molecule has 0 aliphatic rings. The van der Waals surface area contributed by atoms with Crippen LogP contribution in [0.1, 0.15) is 22.8 Å². The Morgan fingerprint density at radius 1 is 1.14 bits per heavy atom. The van der Waals surface area contributed by atoms with E-state index in [-0.39, 0.29) is 5.97 Å². The van der Waals surface area contributed by atoms with Crippen LogP contribution in [0.2, 0.25) is 0 Å². The van der Waals surface area contributed by atoms with Crippen LogP contribution in [0.25, 0.3) is 0 Å². The zero-order chi connectivity index (χ0) is 15.9. The maximum atomic E-state index is 11.9. The van der Waals surface area contributed by atoms with Crippen molar-refractivity contribution in [2.75, 3.05) is 13.7 Å². The lowest BCUT2D eigenvalue weighted by Gasteiger charge is -2.13. The SMILES string of the molecule is CCOC(=O)c1cc(OC)c(OCc2ccccc2)cc1I. The topological polar surface area (TPSA) is 44.8 Å². The summed E-state index contributed by atoms with van der Waals surface area (Å²) in [5.41, 5.74) is 1.54. The van der Waals surface area contributed by atoms with Crippen LogP contribution in [-0.2, 0) is 11.3 Å². The molecule has 4 nitrogen and oxygen atoms in total. The second-order valence-corrected chi connectivity index (χ2v) is 5.64. The van der Waals surface area contributed by atoms with Crippen molar-refractivity contribution in [2.24, 2.45) is 0 Å². The smallest absolute Gasteiger partial charge is 0.339 e. The van der Waals surface area contributed by atoms with Crippen LogP contribution in [0.5, 0.6) is 11.5 Å². The first kappa shape index (κ1) is 16.6. The van der Waals surface area contributed by atoms with E-state index in [1.807, 2.05) is 30.3 Å². The number of rotatable bonds is 6. The third-order valence-corrected chi connectivity index (χ3v) is 3.88. The summed E-state index contributed by atoms with van der Waals surface area (Å²) >= 11 is 2.09. The Balaban J connectivity index is 2.21. The maximum Gasteiger partial charge on any atom is 0.339 e. The molecule has 0 aromatic heterocycles. The minimum Gasteiger partial charge on any atom is -0.493 e. The first-order valence-electron chi connectivity index (χ1n) is 6.87. The molecule has 0 spiro atoms. The van der Waals surface area contributed by atoms with E-state index in [4.69, 9.17) is 14.2 Å². The molecule has 0 N–H and O–H groups in total. The first-order valence-corrected chi connectivity index (χ1v) is 7.95. The van der Waals surface area contributed by atoms with Crippen molar-refractivity contribution in [1.29, 1.82) is 0 Å². The zero-order valence-corrected chi connectivity index (χ0v) is 14.6. The van der Waals surface area contributed by atoms with E-state index in [0.29, 0.717) is 30.3 Å². The maximum absolute atomic E-state index is 11.9. The molecule has 0 radical (unpaired) electrons. The predicted octanol–water partition coefficient (Wildman–Crippen LogP) is 4.06. The Labute approximate surface area is 143 Å². The number of hydrogen-bond donors (Lipinski definition) is 0. The van der Waals surface area contributed by atoms with Gasteiger partial charge in [-0.1, -0.05) is 30.3 Å². The Morgan fingerprint density at radius 3 is 2.50 bits per heavy atom. The number of methoxy groups -OCH3 is 1. The van der Waals surface area contributed by atoms with Crippen molar-refractivity contribution in [2.45, 2.75) is 13.5 Å². The minimum atomic E-state index is -0.361. The quantitative estimate of drug-likeness (QED) is 0.531. The normalized spacial score (nSPS) is 10.1. The molecule has 0 aliphatic heterocycles. The van der Waals surface area contributed by atoms with Gasteiger partial charge in [0.15, 0.2) is 11.5 Å². The fraction of sp³-hybridized carbons (Fsp3) is 0.235. The summed E-state index contributed by atoms with van der Waals surface area (Å²) in [7, 11) is 1.55. The van der Waals surface area contributed by atoms with Crippen molar-refractivity contribution in [1.82, 2.24) is 0 Å². The summed E-state index contributed by atoms with van der Waals surface area (Å²) in [6.07, 6.45) is 0. The van der Waals surface area contributed by atoms with Gasteiger partial charge in [-0.15, -0.1) is 0 Å². The molecule has 0 amide bonds. The molecule has 0 aliphatic carbocycles. The molecule has 0 unspecified atom stereocenters. The van der Waals surface area contributed by atoms with E-state index in [1.54, 1.807) is 26.2 Å². The van der Waals surface area contributed by atoms with Crippen LogP contribution in [0.4, 0.5) is 0 Å². The third-order valence-electron chi connectivity index (χ3n) is 2.99. The van der Waals surface area contributed by atoms with Crippen LogP contribution < -0.4 is 9.47 Å². The monoisotopic (exact) mass is 412 g/mol. The van der Waals surface area contributed by atoms with Crippen LogP contribution in [-0.4, -0.2) is 19.7 Å². The number of carbonyl (C=O) groups excluding carboxylic acids is 1. The van der Waals surface area contributed by atoms with Crippen LogP contribution in [0.15, 0.2) is 42.5 Å². The van der Waals surface area contributed by atoms with Crippen molar-refractivity contribution >= 4 is 28.6 Å². The highest BCUT2D eigenvalue weighted by Crippen LogP contribution is 2.32. The Kier molecular flexibility index (Phi) is 6.06. The van der Waals surface area contributed by atoms with Gasteiger partial charge in [-0.05, 0) is 47.2 Å². The molecule has 0 fully saturated rings. The van der Waals surface area contributed by atoms with E-state index < -0.39 is 0 Å². The predicted molar refractivity (Wildman–Crippen MR) is 92.4 cm³/mol. The summed E-state index contributed by atoms with van der Waals surface area (Å²) in [4.78, 5) is 11.9. The van der Waals surface area contributed by atoms with Gasteiger partial charge in [0.25, 0.3) is 0 Å². The number of benzene rings is 2. The lowest BCUT2D eigenvalue weighted by molar-refractivity contribution is 0.0524. The Bertz CT molecular complexity index is 641. The lowest BCUT2D eigenvalue weighted by atomic mass is 10.2. The average molecular weight is 412 g/mol. The molecule has 2 rings (SSSR count). The number of carbonyl (C=O) groups is 1. The fourth-order valence-corrected chi connectivity index (χ4v) is 2.57. The Hall–Kier alpha value is -1.76. The molecule has 0 atom stereocenters. The highest BCUT2D eigenvalue weighted by molar-refractivity contribution is 14.1. The molecule has 0 saturated carbocycles. The standard InChI is InChI=1S/C17H17IO4/c1-3-21-17(19)13-9-15(20-2)16(10-14(13)18)22-11-12-7-5-4-6-8-12/h4-10H,3,11H2,1-2H3. The molecule has 0 saturated heterocycles. The van der Waals surface area contributed by atoms with Gasteiger partial charge >= 0.3 is 5.97 Å².